The first-order valence-electron chi connectivity index (χ1n) is 6.08. The monoisotopic (exact) mass is 277 g/mol. The molecule has 0 aromatic heterocycles. The number of thioether (sulfide) groups is 1. The fourth-order valence-electron chi connectivity index (χ4n) is 1.26. The summed E-state index contributed by atoms with van der Waals surface area (Å²) in [6.45, 7) is 2.18. The number of nitrogens with zero attached hydrogens (tertiary/aromatic N) is 1. The van der Waals surface area contributed by atoms with Crippen LogP contribution in [0.1, 0.15) is 6.92 Å². The first kappa shape index (κ1) is 15.4. The van der Waals surface area contributed by atoms with E-state index in [4.69, 9.17) is 4.74 Å². The van der Waals surface area contributed by atoms with Gasteiger partial charge < -0.3 is 9.64 Å². The molecule has 0 N–H and O–H groups in total. The molecule has 19 heavy (non-hydrogen) atoms. The first-order valence-corrected chi connectivity index (χ1v) is 6.90. The van der Waals surface area contributed by atoms with Crippen molar-refractivity contribution in [2.45, 2.75) is 11.8 Å². The predicted octanol–water partition coefficient (Wildman–Crippen LogP) is 3.30. The van der Waals surface area contributed by atoms with Crippen LogP contribution in [0.25, 0.3) is 0 Å². The number of rotatable bonds is 6. The highest BCUT2D eigenvalue weighted by Gasteiger charge is 2.11. The lowest BCUT2D eigenvalue weighted by molar-refractivity contribution is -0.137. The van der Waals surface area contributed by atoms with Gasteiger partial charge in [-0.25, -0.2) is 4.79 Å². The van der Waals surface area contributed by atoms with E-state index in [9.17, 15) is 4.79 Å². The van der Waals surface area contributed by atoms with Gasteiger partial charge in [0.25, 0.3) is 0 Å². The zero-order chi connectivity index (χ0) is 14.1. The second-order valence-corrected chi connectivity index (χ2v) is 5.09. The van der Waals surface area contributed by atoms with Crippen LogP contribution < -0.4 is 0 Å². The van der Waals surface area contributed by atoms with Gasteiger partial charge in [0.2, 0.25) is 0 Å². The van der Waals surface area contributed by atoms with Gasteiger partial charge in [-0.2, -0.15) is 0 Å². The van der Waals surface area contributed by atoms with E-state index in [1.54, 1.807) is 13.0 Å². The molecule has 0 saturated heterocycles. The second kappa shape index (κ2) is 8.43. The summed E-state index contributed by atoms with van der Waals surface area (Å²) in [5.74, 6) is -0.292. The van der Waals surface area contributed by atoms with Crippen molar-refractivity contribution < 1.29 is 9.53 Å². The highest BCUT2D eigenvalue weighted by Crippen LogP contribution is 2.27. The Bertz CT molecular complexity index is 452. The van der Waals surface area contributed by atoms with E-state index >= 15 is 0 Å². The van der Waals surface area contributed by atoms with E-state index in [0.717, 1.165) is 4.90 Å². The average Bonchev–Trinajstić information content (AvgIpc) is 2.38. The van der Waals surface area contributed by atoms with Crippen LogP contribution in [0.4, 0.5) is 0 Å². The molecule has 0 fully saturated rings. The number of carbonyl (C=O) groups is 1. The summed E-state index contributed by atoms with van der Waals surface area (Å²) in [7, 11) is 3.86. The van der Waals surface area contributed by atoms with Crippen molar-refractivity contribution in [3.63, 3.8) is 0 Å². The maximum absolute atomic E-state index is 11.9. The van der Waals surface area contributed by atoms with Crippen molar-refractivity contribution in [1.82, 2.24) is 4.90 Å². The molecule has 4 heteroatoms. The number of carbonyl (C=O) groups excluding carboxylic acids is 1. The van der Waals surface area contributed by atoms with Crippen molar-refractivity contribution in [2.24, 2.45) is 0 Å². The van der Waals surface area contributed by atoms with Crippen LogP contribution in [0.3, 0.4) is 0 Å². The SMILES string of the molecule is CCOC(=O)C(=CC=CN(C)C)Sc1ccccc1. The molecule has 102 valence electrons. The van der Waals surface area contributed by atoms with Crippen LogP contribution in [-0.2, 0) is 9.53 Å². The van der Waals surface area contributed by atoms with Gasteiger partial charge in [0.1, 0.15) is 0 Å². The van der Waals surface area contributed by atoms with Crippen molar-refractivity contribution >= 4 is 17.7 Å². The number of hydrogen-bond donors (Lipinski definition) is 0. The summed E-state index contributed by atoms with van der Waals surface area (Å²) in [5, 5.41) is 0. The Hall–Kier alpha value is -1.68. The zero-order valence-electron chi connectivity index (χ0n) is 11.5. The molecule has 1 rings (SSSR count). The molecule has 0 amide bonds. The minimum Gasteiger partial charge on any atom is -0.462 e. The van der Waals surface area contributed by atoms with E-state index in [1.807, 2.05) is 61.6 Å². The zero-order valence-corrected chi connectivity index (χ0v) is 12.3. The highest BCUT2D eigenvalue weighted by atomic mass is 32.2. The van der Waals surface area contributed by atoms with Gasteiger partial charge in [0, 0.05) is 19.0 Å². The highest BCUT2D eigenvalue weighted by molar-refractivity contribution is 8.04. The van der Waals surface area contributed by atoms with Crippen LogP contribution in [0, 0.1) is 0 Å². The van der Waals surface area contributed by atoms with Crippen LogP contribution in [0.15, 0.2) is 58.5 Å². The standard InChI is InChI=1S/C15H19NO2S/c1-4-18-15(17)14(11-8-12-16(2)3)19-13-9-6-5-7-10-13/h5-12H,4H2,1-3H3. The quantitative estimate of drug-likeness (QED) is 0.345. The Morgan fingerprint density at radius 1 is 1.32 bits per heavy atom. The van der Waals surface area contributed by atoms with E-state index in [0.29, 0.717) is 11.5 Å². The van der Waals surface area contributed by atoms with E-state index in [1.165, 1.54) is 11.8 Å². The van der Waals surface area contributed by atoms with Crippen LogP contribution in [0.5, 0.6) is 0 Å². The van der Waals surface area contributed by atoms with Crippen molar-refractivity contribution in [3.05, 3.63) is 53.6 Å². The molecule has 0 atom stereocenters. The van der Waals surface area contributed by atoms with Gasteiger partial charge in [0.15, 0.2) is 0 Å². The number of hydrogen-bond acceptors (Lipinski definition) is 4. The molecular weight excluding hydrogens is 258 g/mol. The third-order valence-electron chi connectivity index (χ3n) is 2.08. The van der Waals surface area contributed by atoms with Crippen LogP contribution in [-0.4, -0.2) is 31.6 Å². The van der Waals surface area contributed by atoms with Crippen molar-refractivity contribution in [1.29, 1.82) is 0 Å². The number of ether oxygens (including phenoxy) is 1. The van der Waals surface area contributed by atoms with Gasteiger partial charge in [-0.1, -0.05) is 30.0 Å². The normalized spacial score (nSPS) is 11.6. The lowest BCUT2D eigenvalue weighted by atomic mass is 10.4. The number of esters is 1. The smallest absolute Gasteiger partial charge is 0.344 e. The Kier molecular flexibility index (Phi) is 6.82. The van der Waals surface area contributed by atoms with Gasteiger partial charge in [-0.15, -0.1) is 0 Å². The number of allylic oxidation sites excluding steroid dienone is 2. The van der Waals surface area contributed by atoms with E-state index in [2.05, 4.69) is 0 Å². The van der Waals surface area contributed by atoms with Gasteiger partial charge in [0.05, 0.1) is 11.5 Å². The Morgan fingerprint density at radius 3 is 2.58 bits per heavy atom. The summed E-state index contributed by atoms with van der Waals surface area (Å²) in [5.41, 5.74) is 0. The topological polar surface area (TPSA) is 29.5 Å². The number of benzene rings is 1. The van der Waals surface area contributed by atoms with Crippen molar-refractivity contribution in [2.75, 3.05) is 20.7 Å². The third kappa shape index (κ3) is 6.15. The molecule has 0 spiro atoms. The summed E-state index contributed by atoms with van der Waals surface area (Å²) in [4.78, 5) is 15.4. The van der Waals surface area contributed by atoms with Crippen LogP contribution in [0.2, 0.25) is 0 Å². The summed E-state index contributed by atoms with van der Waals surface area (Å²) < 4.78 is 5.06. The maximum atomic E-state index is 11.9. The predicted molar refractivity (Wildman–Crippen MR) is 79.8 cm³/mol. The van der Waals surface area contributed by atoms with E-state index in [-0.39, 0.29) is 5.97 Å². The van der Waals surface area contributed by atoms with Gasteiger partial charge in [-0.3, -0.25) is 0 Å². The molecule has 0 radical (unpaired) electrons. The summed E-state index contributed by atoms with van der Waals surface area (Å²) in [6, 6.07) is 9.77. The minimum absolute atomic E-state index is 0.292. The van der Waals surface area contributed by atoms with E-state index < -0.39 is 0 Å². The molecular formula is C15H19NO2S. The average molecular weight is 277 g/mol. The molecule has 0 aliphatic heterocycles. The molecule has 0 aliphatic rings. The maximum Gasteiger partial charge on any atom is 0.344 e. The Balaban J connectivity index is 2.83. The molecule has 3 nitrogen and oxygen atoms in total. The van der Waals surface area contributed by atoms with Gasteiger partial charge >= 0.3 is 5.97 Å². The molecule has 0 unspecified atom stereocenters. The lowest BCUT2D eigenvalue weighted by Crippen LogP contribution is -2.05. The Labute approximate surface area is 118 Å². The van der Waals surface area contributed by atoms with Crippen LogP contribution >= 0.6 is 11.8 Å². The lowest BCUT2D eigenvalue weighted by Gasteiger charge is -2.06. The molecule has 0 saturated carbocycles. The molecule has 0 bridgehead atoms. The fraction of sp³-hybridized carbons (Fsp3) is 0.267. The third-order valence-corrected chi connectivity index (χ3v) is 3.11. The first-order chi connectivity index (χ1) is 9.13. The van der Waals surface area contributed by atoms with Gasteiger partial charge in [-0.05, 0) is 37.4 Å². The summed E-state index contributed by atoms with van der Waals surface area (Å²) >= 11 is 1.41. The fourth-order valence-corrected chi connectivity index (χ4v) is 2.10. The Morgan fingerprint density at radius 2 is 2.00 bits per heavy atom. The minimum atomic E-state index is -0.292. The molecule has 0 heterocycles. The molecule has 1 aromatic carbocycles. The largest absolute Gasteiger partial charge is 0.462 e. The summed E-state index contributed by atoms with van der Waals surface area (Å²) in [6.07, 6.45) is 5.49. The molecule has 0 aliphatic carbocycles. The molecule has 1 aromatic rings. The second-order valence-electron chi connectivity index (χ2n) is 3.97. The van der Waals surface area contributed by atoms with Crippen molar-refractivity contribution in [3.8, 4) is 0 Å².